The van der Waals surface area contributed by atoms with Crippen molar-refractivity contribution in [3.63, 3.8) is 0 Å². The van der Waals surface area contributed by atoms with Gasteiger partial charge in [-0.2, -0.15) is 0 Å². The fourth-order valence-corrected chi connectivity index (χ4v) is 6.36. The lowest BCUT2D eigenvalue weighted by atomic mass is 9.95. The Morgan fingerprint density at radius 1 is 1.22 bits per heavy atom. The number of nitrogens with zero attached hydrogens (tertiary/aromatic N) is 3. The number of rotatable bonds is 10. The predicted molar refractivity (Wildman–Crippen MR) is 160 cm³/mol. The number of pyridine rings is 1. The Kier molecular flexibility index (Phi) is 9.45. The smallest absolute Gasteiger partial charge is 0.305 e. The van der Waals surface area contributed by atoms with Crippen molar-refractivity contribution in [1.29, 1.82) is 0 Å². The molecule has 3 N–H and O–H groups in total. The van der Waals surface area contributed by atoms with Gasteiger partial charge in [-0.3, -0.25) is 9.59 Å². The maximum absolute atomic E-state index is 13.4. The minimum atomic E-state index is -0.926. The number of aliphatic carboxylic acids is 1. The van der Waals surface area contributed by atoms with E-state index in [1.54, 1.807) is 0 Å². The molecule has 1 aromatic carbocycles. The highest BCUT2D eigenvalue weighted by Crippen LogP contribution is 2.28. The average Bonchev–Trinajstić information content (AvgIpc) is 2.96. The molecule has 4 heterocycles. The van der Waals surface area contributed by atoms with Gasteiger partial charge in [0, 0.05) is 37.6 Å². The van der Waals surface area contributed by atoms with Crippen LogP contribution in [0.1, 0.15) is 68.8 Å². The largest absolute Gasteiger partial charge is 0.481 e. The number of hydrogen-bond acceptors (Lipinski definition) is 7. The second kappa shape index (κ2) is 13.2. The van der Waals surface area contributed by atoms with Gasteiger partial charge in [-0.05, 0) is 94.8 Å². The molecule has 9 heteroatoms. The molecule has 2 saturated heterocycles. The number of carbonyl (C=O) groups is 2. The zero-order chi connectivity index (χ0) is 28.8. The van der Waals surface area contributed by atoms with Gasteiger partial charge >= 0.3 is 5.97 Å². The monoisotopic (exact) mass is 563 g/mol. The number of ether oxygens (including phenoxy) is 1. The molecule has 3 aliphatic rings. The quantitative estimate of drug-likeness (QED) is 0.398. The first kappa shape index (κ1) is 29.3. The zero-order valence-electron chi connectivity index (χ0n) is 24.5. The van der Waals surface area contributed by atoms with Crippen molar-refractivity contribution in [2.75, 3.05) is 56.1 Å². The third-order valence-corrected chi connectivity index (χ3v) is 8.49. The van der Waals surface area contributed by atoms with Gasteiger partial charge in [-0.15, -0.1) is 0 Å². The van der Waals surface area contributed by atoms with Crippen LogP contribution < -0.4 is 15.5 Å². The van der Waals surface area contributed by atoms with Crippen LogP contribution in [0, 0.1) is 5.92 Å². The van der Waals surface area contributed by atoms with E-state index in [4.69, 9.17) is 9.72 Å². The van der Waals surface area contributed by atoms with Gasteiger partial charge in [-0.25, -0.2) is 4.98 Å². The van der Waals surface area contributed by atoms with Crippen LogP contribution in [-0.2, 0) is 27.2 Å². The Bertz CT molecular complexity index is 1220. The Morgan fingerprint density at radius 3 is 2.93 bits per heavy atom. The number of fused-ring (bicyclic) bond motifs is 1. The van der Waals surface area contributed by atoms with Crippen LogP contribution in [0.2, 0.25) is 0 Å². The van der Waals surface area contributed by atoms with Gasteiger partial charge in [0.25, 0.3) is 0 Å². The number of amides is 1. The molecule has 0 radical (unpaired) electrons. The summed E-state index contributed by atoms with van der Waals surface area (Å²) in [6.07, 6.45) is 5.80. The number of morpholine rings is 1. The zero-order valence-corrected chi connectivity index (χ0v) is 24.5. The summed E-state index contributed by atoms with van der Waals surface area (Å²) in [5.41, 5.74) is 4.02. The van der Waals surface area contributed by atoms with E-state index in [9.17, 15) is 14.7 Å². The number of hydrogen-bond donors (Lipinski definition) is 3. The van der Waals surface area contributed by atoms with E-state index in [2.05, 4.69) is 46.4 Å². The first-order valence-electron chi connectivity index (χ1n) is 15.2. The van der Waals surface area contributed by atoms with Gasteiger partial charge < -0.3 is 30.3 Å². The third-order valence-electron chi connectivity index (χ3n) is 8.49. The van der Waals surface area contributed by atoms with Crippen molar-refractivity contribution in [2.45, 2.75) is 70.4 Å². The molecule has 5 rings (SSSR count). The van der Waals surface area contributed by atoms with Crippen LogP contribution in [0.3, 0.4) is 0 Å². The molecule has 0 bridgehead atoms. The molecule has 1 aromatic heterocycles. The number of carboxylic acids is 1. The molecular formula is C32H45N5O4. The maximum Gasteiger partial charge on any atom is 0.305 e. The summed E-state index contributed by atoms with van der Waals surface area (Å²) < 4.78 is 5.86. The van der Waals surface area contributed by atoms with Crippen molar-refractivity contribution < 1.29 is 19.4 Å². The van der Waals surface area contributed by atoms with E-state index >= 15 is 0 Å². The number of likely N-dealkylation sites (tertiary alicyclic amines) is 1. The van der Waals surface area contributed by atoms with Crippen molar-refractivity contribution in [2.24, 2.45) is 5.92 Å². The van der Waals surface area contributed by atoms with E-state index in [0.717, 1.165) is 94.0 Å². The van der Waals surface area contributed by atoms with Crippen molar-refractivity contribution >= 4 is 23.4 Å². The number of carbonyl (C=O) groups excluding carboxylic acids is 1. The summed E-state index contributed by atoms with van der Waals surface area (Å²) in [4.78, 5) is 34.7. The number of benzene rings is 1. The van der Waals surface area contributed by atoms with E-state index in [-0.39, 0.29) is 23.8 Å². The summed E-state index contributed by atoms with van der Waals surface area (Å²) >= 11 is 0. The lowest BCUT2D eigenvalue weighted by Gasteiger charge is -2.39. The highest BCUT2D eigenvalue weighted by Gasteiger charge is 2.30. The first-order valence-corrected chi connectivity index (χ1v) is 15.2. The second-order valence-electron chi connectivity index (χ2n) is 12.4. The standard InChI is InChI=1S/C32H45N5O4/c1-32(2)22-37(17-18-41-32)27-11-3-7-24(19-27)28(20-29(38)39)35-31(40)25-9-5-15-36(21-25)16-6-10-26-13-12-23-8-4-14-33-30(23)34-26/h3,7,11-13,19,25,28H,4-6,8-10,14-18,20-22H2,1-2H3,(H,33,34)(H,35,40)(H,38,39). The Morgan fingerprint density at radius 2 is 2.10 bits per heavy atom. The molecular weight excluding hydrogens is 518 g/mol. The Hall–Kier alpha value is -3.17. The normalized spacial score (nSPS) is 21.4. The lowest BCUT2D eigenvalue weighted by molar-refractivity contribution is -0.138. The molecule has 2 fully saturated rings. The summed E-state index contributed by atoms with van der Waals surface area (Å²) in [7, 11) is 0. The molecule has 3 aliphatic heterocycles. The topological polar surface area (TPSA) is 107 Å². The molecule has 222 valence electrons. The van der Waals surface area contributed by atoms with Crippen LogP contribution in [0.5, 0.6) is 0 Å². The van der Waals surface area contributed by atoms with Crippen LogP contribution >= 0.6 is 0 Å². The minimum absolute atomic E-state index is 0.0544. The van der Waals surface area contributed by atoms with Crippen molar-refractivity contribution in [3.05, 3.63) is 53.2 Å². The number of anilines is 2. The summed E-state index contributed by atoms with van der Waals surface area (Å²) in [5.74, 6) is -0.0845. The van der Waals surface area contributed by atoms with E-state index in [0.29, 0.717) is 13.2 Å². The SMILES string of the molecule is CC1(C)CN(c2cccc(C(CC(=O)O)NC(=O)C3CCCN(CCCc4ccc5c(n4)NCCC5)C3)c2)CCO1. The Balaban J connectivity index is 1.17. The molecule has 0 saturated carbocycles. The molecule has 41 heavy (non-hydrogen) atoms. The number of piperidine rings is 1. The van der Waals surface area contributed by atoms with Crippen LogP contribution in [-0.4, -0.2) is 78.3 Å². The van der Waals surface area contributed by atoms with Crippen molar-refractivity contribution in [1.82, 2.24) is 15.2 Å². The van der Waals surface area contributed by atoms with E-state index < -0.39 is 12.0 Å². The highest BCUT2D eigenvalue weighted by atomic mass is 16.5. The average molecular weight is 564 g/mol. The van der Waals surface area contributed by atoms with Gasteiger partial charge in [0.1, 0.15) is 5.82 Å². The molecule has 2 unspecified atom stereocenters. The second-order valence-corrected chi connectivity index (χ2v) is 12.4. The predicted octanol–water partition coefficient (Wildman–Crippen LogP) is 4.03. The maximum atomic E-state index is 13.4. The molecule has 1 amide bonds. The number of nitrogens with one attached hydrogen (secondary N) is 2. The fraction of sp³-hybridized carbons (Fsp3) is 0.594. The fourth-order valence-electron chi connectivity index (χ4n) is 6.36. The summed E-state index contributed by atoms with van der Waals surface area (Å²) in [6.45, 7) is 9.93. The molecule has 2 atom stereocenters. The number of aryl methyl sites for hydroxylation is 2. The van der Waals surface area contributed by atoms with Crippen LogP contribution in [0.15, 0.2) is 36.4 Å². The number of carboxylic acid groups (broad SMARTS) is 1. The first-order chi connectivity index (χ1) is 19.8. The molecule has 2 aromatic rings. The number of aromatic nitrogens is 1. The van der Waals surface area contributed by atoms with Crippen LogP contribution in [0.4, 0.5) is 11.5 Å². The van der Waals surface area contributed by atoms with Crippen molar-refractivity contribution in [3.8, 4) is 0 Å². The third kappa shape index (κ3) is 7.98. The van der Waals surface area contributed by atoms with Gasteiger partial charge in [0.15, 0.2) is 0 Å². The Labute approximate surface area is 243 Å². The molecule has 9 nitrogen and oxygen atoms in total. The van der Waals surface area contributed by atoms with E-state index in [1.807, 2.05) is 24.3 Å². The van der Waals surface area contributed by atoms with Gasteiger partial charge in [0.2, 0.25) is 5.91 Å². The lowest BCUT2D eigenvalue weighted by Crippen LogP contribution is -2.48. The van der Waals surface area contributed by atoms with Gasteiger partial charge in [0.05, 0.1) is 30.6 Å². The summed E-state index contributed by atoms with van der Waals surface area (Å²) in [6, 6.07) is 11.7. The van der Waals surface area contributed by atoms with E-state index in [1.165, 1.54) is 5.56 Å². The summed E-state index contributed by atoms with van der Waals surface area (Å²) in [5, 5.41) is 16.2. The highest BCUT2D eigenvalue weighted by molar-refractivity contribution is 5.80. The minimum Gasteiger partial charge on any atom is -0.481 e. The molecule has 0 aliphatic carbocycles. The van der Waals surface area contributed by atoms with Crippen LogP contribution in [0.25, 0.3) is 0 Å². The molecule has 0 spiro atoms. The van der Waals surface area contributed by atoms with Gasteiger partial charge in [-0.1, -0.05) is 18.2 Å².